The summed E-state index contributed by atoms with van der Waals surface area (Å²) in [6, 6.07) is 8.98. The standard InChI is InChI=1S/C17H15N7O/c25-15-6-3-11-8-18-17(20-16(11)24(15)9-10-1-2-10)19-12-4-5-13-14(7-12)22-23-21-13/h3-8,10H,1-2,9H2,(H,18,19,20)(H,21,22,23). The summed E-state index contributed by atoms with van der Waals surface area (Å²) in [6.45, 7) is 0.720. The fourth-order valence-corrected chi connectivity index (χ4v) is 2.91. The molecule has 0 atom stereocenters. The number of pyridine rings is 1. The Balaban J connectivity index is 1.55. The van der Waals surface area contributed by atoms with Gasteiger partial charge in [0.25, 0.3) is 5.56 Å². The molecule has 3 aromatic heterocycles. The number of nitrogens with one attached hydrogen (secondary N) is 2. The van der Waals surface area contributed by atoms with Gasteiger partial charge < -0.3 is 5.32 Å². The van der Waals surface area contributed by atoms with E-state index < -0.39 is 0 Å². The number of hydrogen-bond acceptors (Lipinski definition) is 6. The second-order valence-electron chi connectivity index (χ2n) is 6.35. The molecule has 1 aromatic carbocycles. The molecule has 1 aliphatic rings. The number of H-pyrrole nitrogens is 1. The number of benzene rings is 1. The fraction of sp³-hybridized carbons (Fsp3) is 0.235. The minimum Gasteiger partial charge on any atom is -0.324 e. The molecule has 1 fully saturated rings. The predicted octanol–water partition coefficient (Wildman–Crippen LogP) is 2.22. The van der Waals surface area contributed by atoms with Gasteiger partial charge in [-0.3, -0.25) is 9.36 Å². The number of hydrogen-bond donors (Lipinski definition) is 2. The van der Waals surface area contributed by atoms with Crippen LogP contribution in [0.2, 0.25) is 0 Å². The van der Waals surface area contributed by atoms with Crippen LogP contribution in [0.3, 0.4) is 0 Å². The van der Waals surface area contributed by atoms with Gasteiger partial charge in [0.1, 0.15) is 16.7 Å². The van der Waals surface area contributed by atoms with Crippen LogP contribution in [-0.2, 0) is 6.54 Å². The Kier molecular flexibility index (Phi) is 3.03. The van der Waals surface area contributed by atoms with Gasteiger partial charge in [0.2, 0.25) is 5.95 Å². The maximum atomic E-state index is 12.2. The molecule has 0 radical (unpaired) electrons. The van der Waals surface area contributed by atoms with Crippen molar-refractivity contribution in [2.45, 2.75) is 19.4 Å². The number of aromatic amines is 1. The Morgan fingerprint density at radius 2 is 2.04 bits per heavy atom. The SMILES string of the molecule is O=c1ccc2cnc(Nc3ccc4n[nH]nc4c3)nc2n1CC1CC1. The molecule has 0 unspecified atom stereocenters. The molecule has 0 spiro atoms. The number of nitrogens with zero attached hydrogens (tertiary/aromatic N) is 5. The van der Waals surface area contributed by atoms with Crippen LogP contribution in [0.15, 0.2) is 41.3 Å². The van der Waals surface area contributed by atoms with E-state index in [9.17, 15) is 4.79 Å². The highest BCUT2D eigenvalue weighted by Crippen LogP contribution is 2.31. The molecule has 0 aliphatic heterocycles. The molecule has 3 heterocycles. The van der Waals surface area contributed by atoms with Crippen molar-refractivity contribution in [2.24, 2.45) is 5.92 Å². The molecule has 0 amide bonds. The zero-order chi connectivity index (χ0) is 16.8. The van der Waals surface area contributed by atoms with Crippen LogP contribution in [0, 0.1) is 5.92 Å². The van der Waals surface area contributed by atoms with E-state index in [1.54, 1.807) is 22.9 Å². The molecule has 8 nitrogen and oxygen atoms in total. The van der Waals surface area contributed by atoms with E-state index in [1.807, 2.05) is 18.2 Å². The maximum Gasteiger partial charge on any atom is 0.252 e. The Hall–Kier alpha value is -3.29. The van der Waals surface area contributed by atoms with Crippen molar-refractivity contribution in [3.63, 3.8) is 0 Å². The first-order valence-electron chi connectivity index (χ1n) is 8.20. The van der Waals surface area contributed by atoms with Crippen molar-refractivity contribution in [1.29, 1.82) is 0 Å². The highest BCUT2D eigenvalue weighted by Gasteiger charge is 2.23. The largest absolute Gasteiger partial charge is 0.324 e. The minimum absolute atomic E-state index is 0.0203. The summed E-state index contributed by atoms with van der Waals surface area (Å²) in [5.74, 6) is 1.04. The highest BCUT2D eigenvalue weighted by atomic mass is 16.1. The normalized spacial score (nSPS) is 14.2. The van der Waals surface area contributed by atoms with E-state index in [1.165, 1.54) is 12.8 Å². The molecular formula is C17H15N7O. The van der Waals surface area contributed by atoms with E-state index in [-0.39, 0.29) is 5.56 Å². The van der Waals surface area contributed by atoms with Crippen molar-refractivity contribution < 1.29 is 0 Å². The Morgan fingerprint density at radius 3 is 2.92 bits per heavy atom. The third kappa shape index (κ3) is 2.61. The van der Waals surface area contributed by atoms with Crippen molar-refractivity contribution in [3.8, 4) is 0 Å². The van der Waals surface area contributed by atoms with Crippen molar-refractivity contribution in [1.82, 2.24) is 29.9 Å². The fourth-order valence-electron chi connectivity index (χ4n) is 2.91. The first-order valence-corrected chi connectivity index (χ1v) is 8.20. The van der Waals surface area contributed by atoms with Gasteiger partial charge in [-0.2, -0.15) is 20.4 Å². The monoisotopic (exact) mass is 333 g/mol. The Bertz CT molecular complexity index is 1140. The van der Waals surface area contributed by atoms with Crippen molar-refractivity contribution in [3.05, 3.63) is 46.9 Å². The van der Waals surface area contributed by atoms with Crippen LogP contribution < -0.4 is 10.9 Å². The van der Waals surface area contributed by atoms with Crippen LogP contribution in [0.5, 0.6) is 0 Å². The summed E-state index contributed by atoms with van der Waals surface area (Å²) < 4.78 is 1.75. The maximum absolute atomic E-state index is 12.2. The predicted molar refractivity (Wildman–Crippen MR) is 93.7 cm³/mol. The Labute approximate surface area is 141 Å². The lowest BCUT2D eigenvalue weighted by atomic mass is 10.3. The van der Waals surface area contributed by atoms with Crippen molar-refractivity contribution >= 4 is 33.7 Å². The molecule has 5 rings (SSSR count). The van der Waals surface area contributed by atoms with E-state index in [0.29, 0.717) is 17.5 Å². The van der Waals surface area contributed by atoms with Gasteiger partial charge in [0, 0.05) is 29.9 Å². The smallest absolute Gasteiger partial charge is 0.252 e. The molecule has 0 saturated heterocycles. The van der Waals surface area contributed by atoms with E-state index >= 15 is 0 Å². The summed E-state index contributed by atoms with van der Waals surface area (Å²) >= 11 is 0. The van der Waals surface area contributed by atoms with Gasteiger partial charge in [-0.1, -0.05) is 0 Å². The average Bonchev–Trinajstić information content (AvgIpc) is 3.32. The first kappa shape index (κ1) is 14.1. The van der Waals surface area contributed by atoms with Crippen LogP contribution in [0.4, 0.5) is 11.6 Å². The van der Waals surface area contributed by atoms with E-state index in [4.69, 9.17) is 0 Å². The summed E-state index contributed by atoms with van der Waals surface area (Å²) in [6.07, 6.45) is 4.09. The highest BCUT2D eigenvalue weighted by molar-refractivity contribution is 5.80. The van der Waals surface area contributed by atoms with Gasteiger partial charge in [-0.25, -0.2) is 4.98 Å². The molecule has 8 heteroatoms. The van der Waals surface area contributed by atoms with Gasteiger partial charge in [0.15, 0.2) is 0 Å². The molecule has 1 aliphatic carbocycles. The van der Waals surface area contributed by atoms with Crippen LogP contribution in [0.1, 0.15) is 12.8 Å². The van der Waals surface area contributed by atoms with Crippen LogP contribution in [0.25, 0.3) is 22.1 Å². The molecule has 4 aromatic rings. The second-order valence-corrected chi connectivity index (χ2v) is 6.35. The quantitative estimate of drug-likeness (QED) is 0.594. The molecule has 25 heavy (non-hydrogen) atoms. The van der Waals surface area contributed by atoms with Gasteiger partial charge in [0.05, 0.1) is 0 Å². The van der Waals surface area contributed by atoms with Gasteiger partial charge in [-0.15, -0.1) is 0 Å². The van der Waals surface area contributed by atoms with Gasteiger partial charge in [-0.05, 0) is 43.0 Å². The summed E-state index contributed by atoms with van der Waals surface area (Å²) in [4.78, 5) is 21.2. The lowest BCUT2D eigenvalue weighted by Crippen LogP contribution is -2.21. The minimum atomic E-state index is -0.0203. The number of aromatic nitrogens is 6. The zero-order valence-corrected chi connectivity index (χ0v) is 13.3. The van der Waals surface area contributed by atoms with Crippen LogP contribution in [-0.4, -0.2) is 29.9 Å². The molecule has 0 bridgehead atoms. The third-order valence-corrected chi connectivity index (χ3v) is 4.43. The first-order chi connectivity index (χ1) is 12.3. The topological polar surface area (TPSA) is 101 Å². The summed E-state index contributed by atoms with van der Waals surface area (Å²) in [7, 11) is 0. The lowest BCUT2D eigenvalue weighted by Gasteiger charge is -2.10. The third-order valence-electron chi connectivity index (χ3n) is 4.43. The van der Waals surface area contributed by atoms with Gasteiger partial charge >= 0.3 is 0 Å². The van der Waals surface area contributed by atoms with Crippen LogP contribution >= 0.6 is 0 Å². The second kappa shape index (κ2) is 5.37. The summed E-state index contributed by atoms with van der Waals surface area (Å²) in [5, 5.41) is 14.7. The number of rotatable bonds is 4. The molecule has 124 valence electrons. The van der Waals surface area contributed by atoms with Crippen molar-refractivity contribution in [2.75, 3.05) is 5.32 Å². The number of fused-ring (bicyclic) bond motifs is 2. The molecular weight excluding hydrogens is 318 g/mol. The number of anilines is 2. The Morgan fingerprint density at radius 1 is 1.16 bits per heavy atom. The molecule has 1 saturated carbocycles. The van der Waals surface area contributed by atoms with E-state index in [2.05, 4.69) is 30.7 Å². The van der Waals surface area contributed by atoms with E-state index in [0.717, 1.165) is 28.7 Å². The lowest BCUT2D eigenvalue weighted by molar-refractivity contribution is 0.622. The zero-order valence-electron chi connectivity index (χ0n) is 13.3. The average molecular weight is 333 g/mol. The summed E-state index contributed by atoms with van der Waals surface area (Å²) in [5.41, 5.74) is 3.01. The molecule has 2 N–H and O–H groups in total.